The zero-order valence-corrected chi connectivity index (χ0v) is 13.2. The lowest BCUT2D eigenvalue weighted by atomic mass is 10.2. The van der Waals surface area contributed by atoms with Crippen LogP contribution in [0.15, 0.2) is 29.2 Å². The highest BCUT2D eigenvalue weighted by atomic mass is 79.9. The summed E-state index contributed by atoms with van der Waals surface area (Å²) in [5, 5.41) is 0.732. The van der Waals surface area contributed by atoms with Gasteiger partial charge in [0.05, 0.1) is 4.90 Å². The minimum Gasteiger partial charge on any atom is -0.302 e. The van der Waals surface area contributed by atoms with Crippen molar-refractivity contribution in [1.29, 1.82) is 0 Å². The molecule has 6 heteroatoms. The van der Waals surface area contributed by atoms with E-state index in [1.54, 1.807) is 12.1 Å². The summed E-state index contributed by atoms with van der Waals surface area (Å²) >= 11 is 3.34. The van der Waals surface area contributed by atoms with E-state index in [2.05, 4.69) is 25.6 Å². The van der Waals surface area contributed by atoms with Gasteiger partial charge in [-0.3, -0.25) is 0 Å². The summed E-state index contributed by atoms with van der Waals surface area (Å²) in [7, 11) is -3.37. The molecule has 0 radical (unpaired) electrons. The molecule has 0 saturated carbocycles. The van der Waals surface area contributed by atoms with Gasteiger partial charge in [0.25, 0.3) is 0 Å². The van der Waals surface area contributed by atoms with E-state index >= 15 is 0 Å². The summed E-state index contributed by atoms with van der Waals surface area (Å²) in [6.45, 7) is 3.44. The van der Waals surface area contributed by atoms with Gasteiger partial charge in [-0.05, 0) is 43.6 Å². The maximum atomic E-state index is 12.1. The maximum Gasteiger partial charge on any atom is 0.240 e. The summed E-state index contributed by atoms with van der Waals surface area (Å²) < 4.78 is 26.8. The van der Waals surface area contributed by atoms with E-state index in [1.807, 2.05) is 12.1 Å². The van der Waals surface area contributed by atoms with Crippen LogP contribution in [0.2, 0.25) is 0 Å². The van der Waals surface area contributed by atoms with Crippen molar-refractivity contribution in [2.45, 2.75) is 23.1 Å². The topological polar surface area (TPSA) is 49.4 Å². The summed E-state index contributed by atoms with van der Waals surface area (Å²) in [5.74, 6) is 0. The molecule has 1 aromatic carbocycles. The number of alkyl halides is 1. The molecule has 106 valence electrons. The number of benzene rings is 1. The van der Waals surface area contributed by atoms with E-state index in [9.17, 15) is 8.42 Å². The van der Waals surface area contributed by atoms with Gasteiger partial charge in [0.15, 0.2) is 0 Å². The fourth-order valence-corrected chi connectivity index (χ4v) is 3.58. The Labute approximate surface area is 123 Å². The van der Waals surface area contributed by atoms with Crippen LogP contribution in [0, 0.1) is 0 Å². The van der Waals surface area contributed by atoms with E-state index in [1.165, 1.54) is 12.8 Å². The van der Waals surface area contributed by atoms with Crippen molar-refractivity contribution in [3.05, 3.63) is 29.8 Å². The van der Waals surface area contributed by atoms with Gasteiger partial charge in [-0.1, -0.05) is 28.1 Å². The van der Waals surface area contributed by atoms with Crippen molar-refractivity contribution >= 4 is 26.0 Å². The number of nitrogens with zero attached hydrogens (tertiary/aromatic N) is 1. The van der Waals surface area contributed by atoms with E-state index < -0.39 is 10.0 Å². The van der Waals surface area contributed by atoms with Crippen molar-refractivity contribution in [2.75, 3.05) is 26.2 Å². The number of halogens is 1. The molecule has 0 amide bonds. The Hall–Kier alpha value is -0.430. The van der Waals surface area contributed by atoms with Gasteiger partial charge >= 0.3 is 0 Å². The summed E-state index contributed by atoms with van der Waals surface area (Å²) in [4.78, 5) is 2.62. The molecule has 0 aromatic heterocycles. The zero-order chi connectivity index (χ0) is 13.7. The second-order valence-electron chi connectivity index (χ2n) is 4.72. The Morgan fingerprint density at radius 3 is 2.37 bits per heavy atom. The fourth-order valence-electron chi connectivity index (χ4n) is 2.19. The first kappa shape index (κ1) is 15.0. The molecule has 1 saturated heterocycles. The Kier molecular flexibility index (Phi) is 5.38. The molecule has 1 aliphatic heterocycles. The number of nitrogens with one attached hydrogen (secondary N) is 1. The molecule has 0 aliphatic carbocycles. The smallest absolute Gasteiger partial charge is 0.240 e. The first-order chi connectivity index (χ1) is 9.12. The monoisotopic (exact) mass is 346 g/mol. The molecule has 19 heavy (non-hydrogen) atoms. The summed E-state index contributed by atoms with van der Waals surface area (Å²) in [6.07, 6.45) is 2.45. The lowest BCUT2D eigenvalue weighted by Crippen LogP contribution is -2.33. The number of likely N-dealkylation sites (tertiary alicyclic amines) is 1. The third kappa shape index (κ3) is 4.27. The van der Waals surface area contributed by atoms with Gasteiger partial charge in [-0.2, -0.15) is 0 Å². The van der Waals surface area contributed by atoms with E-state index in [4.69, 9.17) is 0 Å². The lowest BCUT2D eigenvalue weighted by Gasteiger charge is -2.14. The van der Waals surface area contributed by atoms with Gasteiger partial charge < -0.3 is 4.90 Å². The van der Waals surface area contributed by atoms with E-state index in [0.29, 0.717) is 11.4 Å². The minimum absolute atomic E-state index is 0.332. The van der Waals surface area contributed by atoms with Crippen LogP contribution in [0.1, 0.15) is 18.4 Å². The van der Waals surface area contributed by atoms with Gasteiger partial charge in [-0.25, -0.2) is 13.1 Å². The molecule has 1 aromatic rings. The quantitative estimate of drug-likeness (QED) is 0.801. The number of rotatable bonds is 6. The number of sulfonamides is 1. The SMILES string of the molecule is O=S(=O)(NCCN1CCCC1)c1ccc(CBr)cc1. The molecule has 4 nitrogen and oxygen atoms in total. The number of hydrogen-bond donors (Lipinski definition) is 1. The van der Waals surface area contributed by atoms with E-state index in [0.717, 1.165) is 30.5 Å². The van der Waals surface area contributed by atoms with Crippen LogP contribution in [0.3, 0.4) is 0 Å². The minimum atomic E-state index is -3.37. The second kappa shape index (κ2) is 6.83. The van der Waals surface area contributed by atoms with Gasteiger partial charge in [-0.15, -0.1) is 0 Å². The first-order valence-electron chi connectivity index (χ1n) is 6.49. The van der Waals surface area contributed by atoms with Crippen LogP contribution >= 0.6 is 15.9 Å². The summed E-state index contributed by atoms with van der Waals surface area (Å²) in [6, 6.07) is 6.94. The average Bonchev–Trinajstić information content (AvgIpc) is 2.92. The van der Waals surface area contributed by atoms with E-state index in [-0.39, 0.29) is 0 Å². The molecule has 0 spiro atoms. The highest BCUT2D eigenvalue weighted by molar-refractivity contribution is 9.08. The third-order valence-electron chi connectivity index (χ3n) is 3.31. The first-order valence-corrected chi connectivity index (χ1v) is 9.09. The summed E-state index contributed by atoms with van der Waals surface area (Å²) in [5.41, 5.74) is 1.07. The predicted molar refractivity (Wildman–Crippen MR) is 79.9 cm³/mol. The van der Waals surface area contributed by atoms with Crippen LogP contribution < -0.4 is 4.72 Å². The zero-order valence-electron chi connectivity index (χ0n) is 10.8. The maximum absolute atomic E-state index is 12.1. The Bertz CT molecular complexity index is 496. The molecule has 1 heterocycles. The molecule has 1 fully saturated rings. The van der Waals surface area contributed by atoms with Gasteiger partial charge in [0.2, 0.25) is 10.0 Å². The van der Waals surface area contributed by atoms with Gasteiger partial charge in [0, 0.05) is 18.4 Å². The molecule has 1 N–H and O–H groups in total. The van der Waals surface area contributed by atoms with Crippen molar-refractivity contribution in [3.8, 4) is 0 Å². The number of hydrogen-bond acceptors (Lipinski definition) is 3. The molecule has 2 rings (SSSR count). The lowest BCUT2D eigenvalue weighted by molar-refractivity contribution is 0.344. The fraction of sp³-hybridized carbons (Fsp3) is 0.538. The largest absolute Gasteiger partial charge is 0.302 e. The Morgan fingerprint density at radius 2 is 1.79 bits per heavy atom. The highest BCUT2D eigenvalue weighted by Gasteiger charge is 2.15. The Morgan fingerprint density at radius 1 is 1.16 bits per heavy atom. The molecular formula is C13H19BrN2O2S. The third-order valence-corrected chi connectivity index (χ3v) is 5.43. The van der Waals surface area contributed by atoms with Crippen molar-refractivity contribution in [2.24, 2.45) is 0 Å². The molecule has 0 atom stereocenters. The van der Waals surface area contributed by atoms with Gasteiger partial charge in [0.1, 0.15) is 0 Å². The van der Waals surface area contributed by atoms with Crippen molar-refractivity contribution in [1.82, 2.24) is 9.62 Å². The normalized spacial score (nSPS) is 16.9. The second-order valence-corrected chi connectivity index (χ2v) is 7.05. The van der Waals surface area contributed by atoms with Crippen LogP contribution in [0.25, 0.3) is 0 Å². The van der Waals surface area contributed by atoms with Crippen molar-refractivity contribution in [3.63, 3.8) is 0 Å². The molecule has 0 unspecified atom stereocenters. The van der Waals surface area contributed by atoms with Crippen LogP contribution in [-0.2, 0) is 15.4 Å². The van der Waals surface area contributed by atoms with Crippen LogP contribution in [-0.4, -0.2) is 39.5 Å². The molecule has 0 bridgehead atoms. The highest BCUT2D eigenvalue weighted by Crippen LogP contribution is 2.12. The van der Waals surface area contributed by atoms with Crippen molar-refractivity contribution < 1.29 is 8.42 Å². The Balaban J connectivity index is 1.89. The molecule has 1 aliphatic rings. The standard InChI is InChI=1S/C13H19BrN2O2S/c14-11-12-3-5-13(6-4-12)19(17,18)15-7-10-16-8-1-2-9-16/h3-6,15H,1-2,7-11H2. The predicted octanol–water partition coefficient (Wildman–Crippen LogP) is 1.96. The van der Waals surface area contributed by atoms with Crippen LogP contribution in [0.5, 0.6) is 0 Å². The molecular weight excluding hydrogens is 328 g/mol. The average molecular weight is 347 g/mol. The van der Waals surface area contributed by atoms with Crippen LogP contribution in [0.4, 0.5) is 0 Å².